The number of anilines is 1. The number of aryl methyl sites for hydroxylation is 1. The van der Waals surface area contributed by atoms with E-state index in [1.807, 2.05) is 0 Å². The van der Waals surface area contributed by atoms with Crippen LogP contribution in [0.5, 0.6) is 0 Å². The van der Waals surface area contributed by atoms with Crippen LogP contribution in [0, 0.1) is 23.0 Å². The number of nitrogens with zero attached hydrogens (tertiary/aromatic N) is 3. The first-order valence-corrected chi connectivity index (χ1v) is 6.97. The number of nitrogens with one attached hydrogen (secondary N) is 1. The van der Waals surface area contributed by atoms with Crippen LogP contribution < -0.4 is 5.32 Å². The minimum atomic E-state index is -0.523. The van der Waals surface area contributed by atoms with E-state index in [2.05, 4.69) is 15.3 Å². The van der Waals surface area contributed by atoms with Crippen molar-refractivity contribution in [3.63, 3.8) is 0 Å². The predicted octanol–water partition coefficient (Wildman–Crippen LogP) is 2.31. The number of aliphatic hydroxyl groups is 1. The van der Waals surface area contributed by atoms with E-state index in [9.17, 15) is 15.2 Å². The molecular formula is C12H17ClN4O3. The average molecular weight is 301 g/mol. The van der Waals surface area contributed by atoms with Crippen LogP contribution in [0.15, 0.2) is 0 Å². The third kappa shape index (κ3) is 3.34. The zero-order valence-electron chi connectivity index (χ0n) is 11.2. The lowest BCUT2D eigenvalue weighted by molar-refractivity contribution is -0.385. The lowest BCUT2D eigenvalue weighted by Gasteiger charge is -2.27. The second kappa shape index (κ2) is 6.32. The summed E-state index contributed by atoms with van der Waals surface area (Å²) in [6, 6.07) is 0. The van der Waals surface area contributed by atoms with Gasteiger partial charge in [0.15, 0.2) is 0 Å². The van der Waals surface area contributed by atoms with Gasteiger partial charge in [-0.25, -0.2) is 4.98 Å². The Labute approximate surface area is 121 Å². The van der Waals surface area contributed by atoms with Gasteiger partial charge in [0.05, 0.1) is 11.0 Å². The first kappa shape index (κ1) is 14.9. The van der Waals surface area contributed by atoms with Crippen molar-refractivity contribution in [3.8, 4) is 0 Å². The molecule has 0 saturated heterocycles. The summed E-state index contributed by atoms with van der Waals surface area (Å²) in [5.74, 6) is 0.197. The van der Waals surface area contributed by atoms with Crippen molar-refractivity contribution < 1.29 is 10.0 Å². The molecular weight excluding hydrogens is 284 g/mol. The average Bonchev–Trinajstić information content (AvgIpc) is 2.36. The standard InChI is InChI=1S/C12H17ClN4O3/c1-7-10(17(19)20)11(16-12(13)15-7)14-6-8-4-2-3-5-9(8)18/h8-9,18H,2-6H2,1H3,(H,14,15,16). The van der Waals surface area contributed by atoms with Gasteiger partial charge in [-0.15, -0.1) is 0 Å². The monoisotopic (exact) mass is 300 g/mol. The zero-order valence-corrected chi connectivity index (χ0v) is 11.9. The smallest absolute Gasteiger partial charge is 0.332 e. The Kier molecular flexibility index (Phi) is 4.72. The van der Waals surface area contributed by atoms with E-state index in [4.69, 9.17) is 11.6 Å². The Morgan fingerprint density at radius 1 is 1.45 bits per heavy atom. The fourth-order valence-electron chi connectivity index (χ4n) is 2.53. The number of hydrogen-bond donors (Lipinski definition) is 2. The number of hydrogen-bond acceptors (Lipinski definition) is 6. The van der Waals surface area contributed by atoms with Gasteiger partial charge in [0.2, 0.25) is 11.1 Å². The minimum absolute atomic E-state index is 0.0280. The van der Waals surface area contributed by atoms with Crippen LogP contribution in [0.3, 0.4) is 0 Å². The summed E-state index contributed by atoms with van der Waals surface area (Å²) < 4.78 is 0. The van der Waals surface area contributed by atoms with Crippen molar-refractivity contribution in [2.75, 3.05) is 11.9 Å². The van der Waals surface area contributed by atoms with E-state index < -0.39 is 4.92 Å². The van der Waals surface area contributed by atoms with Gasteiger partial charge in [0, 0.05) is 12.5 Å². The maximum atomic E-state index is 11.1. The van der Waals surface area contributed by atoms with E-state index in [0.717, 1.165) is 25.7 Å². The molecule has 1 heterocycles. The van der Waals surface area contributed by atoms with E-state index in [1.165, 1.54) is 6.92 Å². The van der Waals surface area contributed by atoms with Gasteiger partial charge in [-0.1, -0.05) is 12.8 Å². The molecule has 2 rings (SSSR count). The topological polar surface area (TPSA) is 101 Å². The molecule has 1 aliphatic carbocycles. The Hall–Kier alpha value is -1.47. The summed E-state index contributed by atoms with van der Waals surface area (Å²) in [5, 5.41) is 23.9. The molecule has 1 aromatic rings. The maximum Gasteiger partial charge on any atom is 0.332 e. The van der Waals surface area contributed by atoms with Crippen LogP contribution in [0.2, 0.25) is 5.28 Å². The highest BCUT2D eigenvalue weighted by Crippen LogP contribution is 2.29. The van der Waals surface area contributed by atoms with Crippen molar-refractivity contribution in [2.45, 2.75) is 38.7 Å². The van der Waals surface area contributed by atoms with Gasteiger partial charge in [-0.2, -0.15) is 4.98 Å². The maximum absolute atomic E-state index is 11.1. The van der Waals surface area contributed by atoms with Crippen LogP contribution in [0.1, 0.15) is 31.4 Å². The van der Waals surface area contributed by atoms with Crippen LogP contribution in [0.4, 0.5) is 11.5 Å². The van der Waals surface area contributed by atoms with Gasteiger partial charge < -0.3 is 10.4 Å². The van der Waals surface area contributed by atoms with E-state index in [0.29, 0.717) is 6.54 Å². The summed E-state index contributed by atoms with van der Waals surface area (Å²) in [7, 11) is 0. The molecule has 0 aromatic carbocycles. The summed E-state index contributed by atoms with van der Waals surface area (Å²) in [5.41, 5.74) is 0.0568. The summed E-state index contributed by atoms with van der Waals surface area (Å²) >= 11 is 5.74. The Bertz CT molecular complexity index is 512. The van der Waals surface area contributed by atoms with Crippen molar-refractivity contribution in [3.05, 3.63) is 21.1 Å². The molecule has 1 fully saturated rings. The molecule has 0 aliphatic heterocycles. The molecule has 0 bridgehead atoms. The van der Waals surface area contributed by atoms with Crippen molar-refractivity contribution >= 4 is 23.1 Å². The molecule has 2 atom stereocenters. The highest BCUT2D eigenvalue weighted by molar-refractivity contribution is 6.28. The molecule has 0 amide bonds. The largest absolute Gasteiger partial charge is 0.393 e. The number of aliphatic hydroxyl groups excluding tert-OH is 1. The second-order valence-electron chi connectivity index (χ2n) is 5.03. The van der Waals surface area contributed by atoms with Crippen molar-refractivity contribution in [2.24, 2.45) is 5.92 Å². The molecule has 1 aromatic heterocycles. The number of halogens is 1. The fraction of sp³-hybridized carbons (Fsp3) is 0.667. The summed E-state index contributed by atoms with van der Waals surface area (Å²) in [6.07, 6.45) is 3.40. The molecule has 20 heavy (non-hydrogen) atoms. The predicted molar refractivity (Wildman–Crippen MR) is 74.9 cm³/mol. The number of rotatable bonds is 4. The van der Waals surface area contributed by atoms with E-state index in [1.54, 1.807) is 0 Å². The fourth-order valence-corrected chi connectivity index (χ4v) is 2.74. The second-order valence-corrected chi connectivity index (χ2v) is 5.36. The molecule has 1 saturated carbocycles. The number of nitro groups is 1. The van der Waals surface area contributed by atoms with E-state index in [-0.39, 0.29) is 34.5 Å². The van der Waals surface area contributed by atoms with Gasteiger partial charge in [-0.05, 0) is 31.4 Å². The molecule has 0 spiro atoms. The van der Waals surface area contributed by atoms with Crippen LogP contribution in [0.25, 0.3) is 0 Å². The quantitative estimate of drug-likeness (QED) is 0.502. The lowest BCUT2D eigenvalue weighted by Crippen LogP contribution is -2.30. The normalized spacial score (nSPS) is 22.6. The summed E-state index contributed by atoms with van der Waals surface area (Å²) in [6.45, 7) is 1.96. The first-order chi connectivity index (χ1) is 9.49. The third-order valence-electron chi connectivity index (χ3n) is 3.61. The molecule has 8 heteroatoms. The van der Waals surface area contributed by atoms with E-state index >= 15 is 0 Å². The summed E-state index contributed by atoms with van der Waals surface area (Å²) in [4.78, 5) is 18.2. The van der Waals surface area contributed by atoms with Crippen LogP contribution >= 0.6 is 11.6 Å². The van der Waals surface area contributed by atoms with Crippen molar-refractivity contribution in [1.82, 2.24) is 9.97 Å². The van der Waals surface area contributed by atoms with Gasteiger partial charge in [0.25, 0.3) is 0 Å². The van der Waals surface area contributed by atoms with Crippen LogP contribution in [-0.4, -0.2) is 32.6 Å². The Morgan fingerprint density at radius 2 is 2.15 bits per heavy atom. The number of aromatic nitrogens is 2. The molecule has 0 radical (unpaired) electrons. The first-order valence-electron chi connectivity index (χ1n) is 6.59. The molecule has 2 N–H and O–H groups in total. The molecule has 2 unspecified atom stereocenters. The van der Waals surface area contributed by atoms with Crippen LogP contribution in [-0.2, 0) is 0 Å². The Balaban J connectivity index is 2.14. The molecule has 7 nitrogen and oxygen atoms in total. The minimum Gasteiger partial charge on any atom is -0.393 e. The van der Waals surface area contributed by atoms with Crippen molar-refractivity contribution in [1.29, 1.82) is 0 Å². The highest BCUT2D eigenvalue weighted by atomic mass is 35.5. The Morgan fingerprint density at radius 3 is 2.80 bits per heavy atom. The van der Waals surface area contributed by atoms with Gasteiger partial charge >= 0.3 is 5.69 Å². The van der Waals surface area contributed by atoms with Gasteiger partial charge in [-0.3, -0.25) is 10.1 Å². The zero-order chi connectivity index (χ0) is 14.7. The highest BCUT2D eigenvalue weighted by Gasteiger charge is 2.26. The third-order valence-corrected chi connectivity index (χ3v) is 3.78. The molecule has 110 valence electrons. The lowest BCUT2D eigenvalue weighted by atomic mass is 9.86. The molecule has 1 aliphatic rings. The van der Waals surface area contributed by atoms with Gasteiger partial charge in [0.1, 0.15) is 5.69 Å². The SMILES string of the molecule is Cc1nc(Cl)nc(NCC2CCCCC2O)c1[N+](=O)[O-].